The molecule has 2 aromatic rings. The van der Waals surface area contributed by atoms with Crippen LogP contribution in [0.4, 0.5) is 5.69 Å². The Labute approximate surface area is 116 Å². The van der Waals surface area contributed by atoms with Crippen molar-refractivity contribution >= 4 is 15.7 Å². The van der Waals surface area contributed by atoms with Gasteiger partial charge in [-0.05, 0) is 29.8 Å². The molecule has 0 radical (unpaired) electrons. The van der Waals surface area contributed by atoms with Gasteiger partial charge < -0.3 is 5.73 Å². The molecule has 0 bridgehead atoms. The molecule has 6 nitrogen and oxygen atoms in total. The molecule has 3 N–H and O–H groups in total. The fourth-order valence-electron chi connectivity index (χ4n) is 1.57. The van der Waals surface area contributed by atoms with Crippen LogP contribution in [-0.4, -0.2) is 13.4 Å². The van der Waals surface area contributed by atoms with E-state index < -0.39 is 10.0 Å². The maximum atomic E-state index is 12.0. The Balaban J connectivity index is 2.13. The first-order chi connectivity index (χ1) is 9.51. The van der Waals surface area contributed by atoms with Crippen LogP contribution in [0, 0.1) is 11.3 Å². The number of nitrogen functional groups attached to an aromatic ring is 1. The highest BCUT2D eigenvalue weighted by Crippen LogP contribution is 2.10. The number of nitrogens with zero attached hydrogens (tertiary/aromatic N) is 2. The number of anilines is 1. The zero-order chi connectivity index (χ0) is 14.6. The molecule has 0 aliphatic carbocycles. The largest absolute Gasteiger partial charge is 0.399 e. The van der Waals surface area contributed by atoms with Crippen molar-refractivity contribution in [3.8, 4) is 6.07 Å². The highest BCUT2D eigenvalue weighted by molar-refractivity contribution is 7.89. The average molecular weight is 288 g/mol. The molecule has 1 aromatic heterocycles. The van der Waals surface area contributed by atoms with Crippen LogP contribution in [0.25, 0.3) is 0 Å². The van der Waals surface area contributed by atoms with Crippen LogP contribution in [0.1, 0.15) is 11.3 Å². The highest BCUT2D eigenvalue weighted by atomic mass is 32.2. The van der Waals surface area contributed by atoms with Gasteiger partial charge in [-0.3, -0.25) is 0 Å². The summed E-state index contributed by atoms with van der Waals surface area (Å²) in [7, 11) is -3.66. The minimum Gasteiger partial charge on any atom is -0.399 e. The Morgan fingerprint density at radius 3 is 2.70 bits per heavy atom. The van der Waals surface area contributed by atoms with Crippen molar-refractivity contribution in [3.63, 3.8) is 0 Å². The minimum absolute atomic E-state index is 0.0143. The topological polar surface area (TPSA) is 109 Å². The van der Waals surface area contributed by atoms with Crippen molar-refractivity contribution in [1.82, 2.24) is 9.71 Å². The molecule has 0 spiro atoms. The zero-order valence-electron chi connectivity index (χ0n) is 10.4. The van der Waals surface area contributed by atoms with E-state index in [0.717, 1.165) is 11.8 Å². The lowest BCUT2D eigenvalue weighted by Gasteiger charge is -2.07. The van der Waals surface area contributed by atoms with Gasteiger partial charge in [0.1, 0.15) is 16.7 Å². The first kappa shape index (κ1) is 14.0. The summed E-state index contributed by atoms with van der Waals surface area (Å²) in [5.41, 5.74) is 7.12. The van der Waals surface area contributed by atoms with Gasteiger partial charge in [-0.1, -0.05) is 12.1 Å². The van der Waals surface area contributed by atoms with E-state index >= 15 is 0 Å². The summed E-state index contributed by atoms with van der Waals surface area (Å²) in [6, 6.07) is 11.5. The number of hydrogen-bond acceptors (Lipinski definition) is 5. The highest BCUT2D eigenvalue weighted by Gasteiger charge is 2.14. The third-order valence-corrected chi connectivity index (χ3v) is 3.97. The zero-order valence-corrected chi connectivity index (χ0v) is 11.3. The molecule has 0 aliphatic rings. The molecule has 0 saturated carbocycles. The van der Waals surface area contributed by atoms with Crippen molar-refractivity contribution in [2.24, 2.45) is 0 Å². The van der Waals surface area contributed by atoms with Crippen LogP contribution in [0.2, 0.25) is 0 Å². The maximum absolute atomic E-state index is 12.0. The number of aromatic nitrogens is 1. The van der Waals surface area contributed by atoms with Gasteiger partial charge in [0.2, 0.25) is 10.0 Å². The standard InChI is InChI=1S/C13H12N4O2S/c14-7-12-4-5-13(9-16-12)20(18,19)17-8-10-2-1-3-11(15)6-10/h1-6,9,17H,8,15H2. The summed E-state index contributed by atoms with van der Waals surface area (Å²) >= 11 is 0. The fourth-order valence-corrected chi connectivity index (χ4v) is 2.53. The number of sulfonamides is 1. The Morgan fingerprint density at radius 1 is 1.30 bits per heavy atom. The SMILES string of the molecule is N#Cc1ccc(S(=O)(=O)NCc2cccc(N)c2)cn1. The van der Waals surface area contributed by atoms with Gasteiger partial charge in [-0.15, -0.1) is 0 Å². The van der Waals surface area contributed by atoms with Crippen LogP contribution >= 0.6 is 0 Å². The van der Waals surface area contributed by atoms with Gasteiger partial charge >= 0.3 is 0 Å². The summed E-state index contributed by atoms with van der Waals surface area (Å²) in [6.07, 6.45) is 1.15. The summed E-state index contributed by atoms with van der Waals surface area (Å²) in [6.45, 7) is 0.132. The van der Waals surface area contributed by atoms with Crippen molar-refractivity contribution in [2.75, 3.05) is 5.73 Å². The number of rotatable bonds is 4. The van der Waals surface area contributed by atoms with E-state index in [1.165, 1.54) is 12.1 Å². The van der Waals surface area contributed by atoms with E-state index in [2.05, 4.69) is 9.71 Å². The normalized spacial score (nSPS) is 10.9. The first-order valence-corrected chi connectivity index (χ1v) is 7.20. The van der Waals surface area contributed by atoms with E-state index in [1.54, 1.807) is 24.3 Å². The quantitative estimate of drug-likeness (QED) is 0.816. The maximum Gasteiger partial charge on any atom is 0.242 e. The van der Waals surface area contributed by atoms with Gasteiger partial charge in [-0.2, -0.15) is 5.26 Å². The monoisotopic (exact) mass is 288 g/mol. The lowest BCUT2D eigenvalue weighted by atomic mass is 10.2. The number of hydrogen-bond donors (Lipinski definition) is 2. The van der Waals surface area contributed by atoms with Crippen molar-refractivity contribution < 1.29 is 8.42 Å². The third kappa shape index (κ3) is 3.32. The number of nitrogens with two attached hydrogens (primary N) is 1. The molecule has 0 fully saturated rings. The number of benzene rings is 1. The van der Waals surface area contributed by atoms with E-state index in [9.17, 15) is 8.42 Å². The molecule has 20 heavy (non-hydrogen) atoms. The van der Waals surface area contributed by atoms with Crippen molar-refractivity contribution in [1.29, 1.82) is 5.26 Å². The average Bonchev–Trinajstić information content (AvgIpc) is 2.45. The Bertz CT molecular complexity index is 749. The molecule has 102 valence electrons. The lowest BCUT2D eigenvalue weighted by molar-refractivity contribution is 0.581. The summed E-state index contributed by atoms with van der Waals surface area (Å²) < 4.78 is 26.5. The van der Waals surface area contributed by atoms with Crippen molar-refractivity contribution in [3.05, 3.63) is 53.9 Å². The lowest BCUT2D eigenvalue weighted by Crippen LogP contribution is -2.23. The minimum atomic E-state index is -3.66. The van der Waals surface area contributed by atoms with Crippen LogP contribution in [0.3, 0.4) is 0 Å². The van der Waals surface area contributed by atoms with Crippen LogP contribution in [-0.2, 0) is 16.6 Å². The molecule has 1 heterocycles. The van der Waals surface area contributed by atoms with E-state index in [1.807, 2.05) is 6.07 Å². The van der Waals surface area contributed by atoms with Gasteiger partial charge in [-0.25, -0.2) is 18.1 Å². The van der Waals surface area contributed by atoms with Gasteiger partial charge in [0.25, 0.3) is 0 Å². The van der Waals surface area contributed by atoms with E-state index in [4.69, 9.17) is 11.0 Å². The Hall–Kier alpha value is -2.43. The fraction of sp³-hybridized carbons (Fsp3) is 0.0769. The van der Waals surface area contributed by atoms with Gasteiger partial charge in [0.05, 0.1) is 0 Å². The molecule has 0 amide bonds. The van der Waals surface area contributed by atoms with Crippen molar-refractivity contribution in [2.45, 2.75) is 11.4 Å². The second-order valence-corrected chi connectivity index (χ2v) is 5.83. The molecular weight excluding hydrogens is 276 g/mol. The molecule has 2 rings (SSSR count). The summed E-state index contributed by atoms with van der Waals surface area (Å²) in [4.78, 5) is 3.75. The molecular formula is C13H12N4O2S. The Kier molecular flexibility index (Phi) is 3.98. The predicted molar refractivity (Wildman–Crippen MR) is 73.8 cm³/mol. The molecule has 0 atom stereocenters. The molecule has 0 unspecified atom stereocenters. The van der Waals surface area contributed by atoms with E-state index in [0.29, 0.717) is 5.69 Å². The second-order valence-electron chi connectivity index (χ2n) is 4.06. The molecule has 1 aromatic carbocycles. The van der Waals surface area contributed by atoms with Crippen LogP contribution < -0.4 is 10.5 Å². The van der Waals surface area contributed by atoms with E-state index in [-0.39, 0.29) is 17.1 Å². The summed E-state index contributed by atoms with van der Waals surface area (Å²) in [5.74, 6) is 0. The van der Waals surface area contributed by atoms with Crippen LogP contribution in [0.15, 0.2) is 47.5 Å². The molecule has 0 saturated heterocycles. The van der Waals surface area contributed by atoms with Gasteiger partial charge in [0.15, 0.2) is 0 Å². The first-order valence-electron chi connectivity index (χ1n) is 5.71. The number of nitriles is 1. The second kappa shape index (κ2) is 5.69. The summed E-state index contributed by atoms with van der Waals surface area (Å²) in [5, 5.41) is 8.62. The number of nitrogens with one attached hydrogen (secondary N) is 1. The van der Waals surface area contributed by atoms with Gasteiger partial charge in [0, 0.05) is 18.4 Å². The van der Waals surface area contributed by atoms with Crippen LogP contribution in [0.5, 0.6) is 0 Å². The molecule has 7 heteroatoms. The number of pyridine rings is 1. The molecule has 0 aliphatic heterocycles. The Morgan fingerprint density at radius 2 is 2.10 bits per heavy atom. The predicted octanol–water partition coefficient (Wildman–Crippen LogP) is 1.01. The smallest absolute Gasteiger partial charge is 0.242 e. The third-order valence-electron chi connectivity index (χ3n) is 2.58.